The van der Waals surface area contributed by atoms with Gasteiger partial charge in [-0.1, -0.05) is 25.1 Å². The summed E-state index contributed by atoms with van der Waals surface area (Å²) in [4.78, 5) is 25.0. The number of hydrogen-bond acceptors (Lipinski definition) is 11. The van der Waals surface area contributed by atoms with Crippen LogP contribution in [0.3, 0.4) is 0 Å². The lowest BCUT2D eigenvalue weighted by atomic mass is 10.1. The molecule has 3 aromatic rings. The smallest absolute Gasteiger partial charge is 0.320 e. The van der Waals surface area contributed by atoms with Crippen LogP contribution in [0.4, 0.5) is 11.8 Å². The molecule has 1 aliphatic heterocycles. The number of esters is 1. The summed E-state index contributed by atoms with van der Waals surface area (Å²) < 4.78 is 25.4. The van der Waals surface area contributed by atoms with E-state index in [-0.39, 0.29) is 49.4 Å². The minimum atomic E-state index is -1.62. The van der Waals surface area contributed by atoms with E-state index in [1.807, 2.05) is 34.9 Å². The maximum atomic E-state index is 12.0. The number of nitrogens with two attached hydrogens (primary N) is 1. The van der Waals surface area contributed by atoms with Crippen LogP contribution in [0.25, 0.3) is 11.2 Å². The lowest BCUT2D eigenvalue weighted by Crippen LogP contribution is -2.26. The minimum absolute atomic E-state index is 0.0305. The number of fused-ring (bicyclic) bond motifs is 1. The Hall–Kier alpha value is -3.05. The molecular formula is C23H32N7O5P. The molecule has 2 aromatic heterocycles. The molecule has 0 aliphatic carbocycles. The summed E-state index contributed by atoms with van der Waals surface area (Å²) in [5, 5.41) is 6.03. The van der Waals surface area contributed by atoms with Gasteiger partial charge in [-0.05, 0) is 32.4 Å². The summed E-state index contributed by atoms with van der Waals surface area (Å²) in [5.41, 5.74) is 7.12. The van der Waals surface area contributed by atoms with E-state index >= 15 is 0 Å². The highest BCUT2D eigenvalue weighted by Gasteiger charge is 2.35. The molecule has 13 heteroatoms. The van der Waals surface area contributed by atoms with Crippen LogP contribution in [0.1, 0.15) is 33.4 Å². The Morgan fingerprint density at radius 2 is 2.08 bits per heavy atom. The Morgan fingerprint density at radius 3 is 2.81 bits per heavy atom. The first kappa shape index (κ1) is 26.0. The van der Waals surface area contributed by atoms with Crippen molar-refractivity contribution in [1.29, 1.82) is 0 Å². The monoisotopic (exact) mass is 517 g/mol. The van der Waals surface area contributed by atoms with Gasteiger partial charge in [0, 0.05) is 13.0 Å². The topological polar surface area (TPSA) is 148 Å². The average Bonchev–Trinajstić information content (AvgIpc) is 3.43. The first-order valence-electron chi connectivity index (χ1n) is 11.8. The summed E-state index contributed by atoms with van der Waals surface area (Å²) >= 11 is 0. The average molecular weight is 518 g/mol. The maximum Gasteiger partial charge on any atom is 0.320 e. The normalized spacial score (nSPS) is 20.5. The van der Waals surface area contributed by atoms with E-state index in [4.69, 9.17) is 24.3 Å². The molecular weight excluding hydrogens is 485 g/mol. The van der Waals surface area contributed by atoms with Gasteiger partial charge in [0.1, 0.15) is 18.5 Å². The van der Waals surface area contributed by atoms with Crippen molar-refractivity contribution in [1.82, 2.24) is 24.6 Å². The number of imidazole rings is 1. The van der Waals surface area contributed by atoms with Crippen LogP contribution in [-0.2, 0) is 18.8 Å². The van der Waals surface area contributed by atoms with Crippen LogP contribution in [0.5, 0.6) is 5.75 Å². The second kappa shape index (κ2) is 11.8. The number of aromatic nitrogens is 4. The second-order valence-corrected chi connectivity index (χ2v) is 9.97. The molecule has 0 amide bonds. The van der Waals surface area contributed by atoms with Gasteiger partial charge in [0.25, 0.3) is 0 Å². The van der Waals surface area contributed by atoms with Gasteiger partial charge in [-0.3, -0.25) is 9.36 Å². The third kappa shape index (κ3) is 6.38. The molecule has 1 saturated heterocycles. The van der Waals surface area contributed by atoms with E-state index in [1.165, 1.54) is 0 Å². The molecule has 3 heterocycles. The van der Waals surface area contributed by atoms with Crippen LogP contribution in [0.2, 0.25) is 0 Å². The summed E-state index contributed by atoms with van der Waals surface area (Å²) in [6, 6.07) is 9.29. The number of ether oxygens (including phenoxy) is 2. The van der Waals surface area contributed by atoms with Gasteiger partial charge in [-0.15, -0.1) is 0 Å². The first-order valence-corrected chi connectivity index (χ1v) is 12.9. The molecule has 1 aliphatic rings. The molecule has 12 nitrogen and oxygen atoms in total. The van der Waals surface area contributed by atoms with E-state index in [0.29, 0.717) is 22.7 Å². The van der Waals surface area contributed by atoms with Crippen molar-refractivity contribution in [2.75, 3.05) is 31.2 Å². The third-order valence-corrected chi connectivity index (χ3v) is 6.61. The van der Waals surface area contributed by atoms with Crippen molar-refractivity contribution in [2.45, 2.75) is 45.6 Å². The molecule has 36 heavy (non-hydrogen) atoms. The zero-order valence-electron chi connectivity index (χ0n) is 20.7. The molecule has 0 radical (unpaired) electrons. The Morgan fingerprint density at radius 1 is 1.31 bits per heavy atom. The highest BCUT2D eigenvalue weighted by Crippen LogP contribution is 2.40. The fourth-order valence-corrected chi connectivity index (χ4v) is 5.01. The second-order valence-electron chi connectivity index (χ2n) is 8.70. The lowest BCUT2D eigenvalue weighted by molar-refractivity contribution is -0.145. The SMILES string of the molecule is CNc1nc(N)nc2c1ncn2C1OC(COP(NCC(=O)OC(C)C)Oc2ccccc2)CC1C. The lowest BCUT2D eigenvalue weighted by Gasteiger charge is -2.21. The molecule has 4 N–H and O–H groups in total. The third-order valence-electron chi connectivity index (χ3n) is 5.43. The van der Waals surface area contributed by atoms with E-state index in [1.54, 1.807) is 27.2 Å². The van der Waals surface area contributed by atoms with Crippen LogP contribution < -0.4 is 20.7 Å². The summed E-state index contributed by atoms with van der Waals surface area (Å²) in [7, 11) is 0.140. The standard InChI is InChI=1S/C23H32N7O5P/c1-14(2)33-18(31)11-27-36(35-16-8-6-5-7-9-16)32-12-17-10-15(3)22(34-17)30-13-26-19-20(25-4)28-23(24)29-21(19)30/h5-9,13-15,17,22,27H,10-12H2,1-4H3,(H3,24,25,28,29). The van der Waals surface area contributed by atoms with Crippen molar-refractivity contribution in [3.05, 3.63) is 36.7 Å². The van der Waals surface area contributed by atoms with Crippen LogP contribution in [0.15, 0.2) is 36.7 Å². The molecule has 4 rings (SSSR count). The van der Waals surface area contributed by atoms with Gasteiger partial charge in [0.15, 0.2) is 17.0 Å². The first-order chi connectivity index (χ1) is 17.3. The fraction of sp³-hybridized carbons (Fsp3) is 0.478. The Labute approximate surface area is 210 Å². The molecule has 1 fully saturated rings. The van der Waals surface area contributed by atoms with Gasteiger partial charge >= 0.3 is 14.5 Å². The molecule has 1 aromatic carbocycles. The van der Waals surface area contributed by atoms with Crippen molar-refractivity contribution in [2.24, 2.45) is 5.92 Å². The van der Waals surface area contributed by atoms with Gasteiger partial charge < -0.3 is 29.6 Å². The molecule has 4 unspecified atom stereocenters. The number of nitrogens with one attached hydrogen (secondary N) is 2. The Kier molecular flexibility index (Phi) is 8.52. The van der Waals surface area contributed by atoms with Crippen molar-refractivity contribution in [3.63, 3.8) is 0 Å². The van der Waals surface area contributed by atoms with Gasteiger partial charge in [-0.25, -0.2) is 10.1 Å². The fourth-order valence-electron chi connectivity index (χ4n) is 3.92. The largest absolute Gasteiger partial charge is 0.462 e. The van der Waals surface area contributed by atoms with E-state index in [9.17, 15) is 4.79 Å². The summed E-state index contributed by atoms with van der Waals surface area (Å²) in [6.07, 6.45) is 1.76. The zero-order chi connectivity index (χ0) is 25.7. The van der Waals surface area contributed by atoms with E-state index < -0.39 is 8.53 Å². The predicted molar refractivity (Wildman–Crippen MR) is 136 cm³/mol. The van der Waals surface area contributed by atoms with E-state index in [2.05, 4.69) is 32.3 Å². The van der Waals surface area contributed by atoms with E-state index in [0.717, 1.165) is 6.42 Å². The van der Waals surface area contributed by atoms with Crippen LogP contribution in [-0.4, -0.2) is 57.9 Å². The number of rotatable bonds is 11. The van der Waals surface area contributed by atoms with Crippen LogP contribution in [0, 0.1) is 5.92 Å². The molecule has 194 valence electrons. The highest BCUT2D eigenvalue weighted by atomic mass is 31.2. The molecule has 0 saturated carbocycles. The number of nitrogen functional groups attached to an aromatic ring is 1. The van der Waals surface area contributed by atoms with Crippen molar-refractivity contribution >= 4 is 37.4 Å². The molecule has 4 atom stereocenters. The number of hydrogen-bond donors (Lipinski definition) is 3. The van der Waals surface area contributed by atoms with Gasteiger partial charge in [0.2, 0.25) is 5.95 Å². The van der Waals surface area contributed by atoms with Gasteiger partial charge in [0.05, 0.1) is 25.1 Å². The highest BCUT2D eigenvalue weighted by molar-refractivity contribution is 7.45. The maximum absolute atomic E-state index is 12.0. The Balaban J connectivity index is 1.41. The number of carbonyl (C=O) groups excluding carboxylic acids is 1. The van der Waals surface area contributed by atoms with Crippen molar-refractivity contribution < 1.29 is 23.3 Å². The zero-order valence-corrected chi connectivity index (χ0v) is 21.6. The minimum Gasteiger partial charge on any atom is -0.462 e. The van der Waals surface area contributed by atoms with Gasteiger partial charge in [-0.2, -0.15) is 9.97 Å². The number of benzene rings is 1. The molecule has 0 bridgehead atoms. The predicted octanol–water partition coefficient (Wildman–Crippen LogP) is 3.24. The summed E-state index contributed by atoms with van der Waals surface area (Å²) in [5.74, 6) is 1.14. The molecule has 0 spiro atoms. The number of nitrogens with zero attached hydrogens (tertiary/aromatic N) is 4. The summed E-state index contributed by atoms with van der Waals surface area (Å²) in [6.45, 7) is 5.95. The number of carbonyl (C=O) groups is 1. The number of para-hydroxylation sites is 1. The Bertz CT molecular complexity index is 1160. The quantitative estimate of drug-likeness (QED) is 0.254. The van der Waals surface area contributed by atoms with Crippen LogP contribution >= 0.6 is 8.53 Å². The number of anilines is 2. The van der Waals surface area contributed by atoms with Crippen molar-refractivity contribution in [3.8, 4) is 5.75 Å².